The summed E-state index contributed by atoms with van der Waals surface area (Å²) in [6, 6.07) is 2.19. The number of nitro groups is 1. The molecule has 1 aromatic rings. The van der Waals surface area contributed by atoms with Gasteiger partial charge in [0, 0.05) is 19.5 Å². The minimum Gasteiger partial charge on any atom is -0.357 e. The molecule has 9 nitrogen and oxygen atoms in total. The number of nitrogens with zero attached hydrogens (tertiary/aromatic N) is 4. The number of rotatable bonds is 3. The highest BCUT2D eigenvalue weighted by Gasteiger charge is 2.32. The lowest BCUT2D eigenvalue weighted by Gasteiger charge is -2.28. The summed E-state index contributed by atoms with van der Waals surface area (Å²) >= 11 is 0. The Labute approximate surface area is 119 Å². The van der Waals surface area contributed by atoms with E-state index in [1.54, 1.807) is 6.07 Å². The number of likely N-dealkylation sites (N-methyl/N-ethyl adjacent to an activating group) is 1. The fraction of sp³-hybridized carbons (Fsp3) is 0.333. The number of carbonyl (C=O) groups excluding carboxylic acids is 2. The number of nitrogens with one attached hydrogen (secondary N) is 1. The molecule has 1 aromatic heterocycles. The molecule has 0 radical (unpaired) electrons. The van der Waals surface area contributed by atoms with Gasteiger partial charge in [-0.1, -0.05) is 0 Å². The molecule has 0 spiro atoms. The first kappa shape index (κ1) is 14.4. The average molecular weight is 289 g/mol. The maximum absolute atomic E-state index is 11.9. The van der Waals surface area contributed by atoms with Gasteiger partial charge in [-0.2, -0.15) is 5.26 Å². The van der Waals surface area contributed by atoms with E-state index in [1.807, 2.05) is 0 Å². The van der Waals surface area contributed by atoms with Crippen LogP contribution in [0.5, 0.6) is 0 Å². The zero-order valence-electron chi connectivity index (χ0n) is 11.1. The zero-order valence-corrected chi connectivity index (χ0v) is 11.1. The predicted octanol–water partition coefficient (Wildman–Crippen LogP) is 0.421. The fourth-order valence-corrected chi connectivity index (χ4v) is 1.97. The highest BCUT2D eigenvalue weighted by molar-refractivity contribution is 6.01. The predicted molar refractivity (Wildman–Crippen MR) is 70.0 cm³/mol. The van der Waals surface area contributed by atoms with E-state index in [4.69, 9.17) is 5.26 Å². The molecule has 21 heavy (non-hydrogen) atoms. The third kappa shape index (κ3) is 2.79. The van der Waals surface area contributed by atoms with Crippen molar-refractivity contribution in [2.75, 3.05) is 12.4 Å². The van der Waals surface area contributed by atoms with E-state index < -0.39 is 16.9 Å². The molecule has 9 heteroatoms. The summed E-state index contributed by atoms with van der Waals surface area (Å²) in [6.45, 7) is 0. The number of amides is 2. The molecule has 108 valence electrons. The van der Waals surface area contributed by atoms with Gasteiger partial charge in [-0.25, -0.2) is 4.98 Å². The summed E-state index contributed by atoms with van der Waals surface area (Å²) in [4.78, 5) is 38.1. The van der Waals surface area contributed by atoms with Crippen LogP contribution in [-0.2, 0) is 9.59 Å². The largest absolute Gasteiger partial charge is 0.357 e. The number of likely N-dealkylation sites (tertiary alicyclic amines) is 1. The van der Waals surface area contributed by atoms with Crippen molar-refractivity contribution in [2.45, 2.75) is 18.9 Å². The van der Waals surface area contributed by atoms with Crippen LogP contribution in [0.3, 0.4) is 0 Å². The second kappa shape index (κ2) is 5.54. The van der Waals surface area contributed by atoms with Crippen molar-refractivity contribution in [3.05, 3.63) is 27.9 Å². The Balaban J connectivity index is 2.24. The summed E-state index contributed by atoms with van der Waals surface area (Å²) in [5, 5.41) is 22.4. The highest BCUT2D eigenvalue weighted by Crippen LogP contribution is 2.21. The number of pyridine rings is 1. The van der Waals surface area contributed by atoms with E-state index in [9.17, 15) is 19.7 Å². The number of imide groups is 1. The zero-order chi connectivity index (χ0) is 15.6. The van der Waals surface area contributed by atoms with Crippen molar-refractivity contribution in [1.82, 2.24) is 9.88 Å². The second-order valence-electron chi connectivity index (χ2n) is 4.49. The van der Waals surface area contributed by atoms with Crippen molar-refractivity contribution in [3.63, 3.8) is 0 Å². The Morgan fingerprint density at radius 1 is 1.57 bits per heavy atom. The molecule has 0 saturated carbocycles. The Morgan fingerprint density at radius 2 is 2.29 bits per heavy atom. The minimum atomic E-state index is -0.686. The summed E-state index contributed by atoms with van der Waals surface area (Å²) in [7, 11) is 1.38. The Hall–Kier alpha value is -3.02. The first-order chi connectivity index (χ1) is 9.93. The van der Waals surface area contributed by atoms with Crippen LogP contribution >= 0.6 is 0 Å². The summed E-state index contributed by atoms with van der Waals surface area (Å²) < 4.78 is 0. The molecular formula is C12H11N5O4. The smallest absolute Gasteiger partial charge is 0.289 e. The van der Waals surface area contributed by atoms with Crippen LogP contribution in [-0.4, -0.2) is 39.7 Å². The van der Waals surface area contributed by atoms with Crippen molar-refractivity contribution in [1.29, 1.82) is 5.26 Å². The first-order valence-corrected chi connectivity index (χ1v) is 6.05. The summed E-state index contributed by atoms with van der Waals surface area (Å²) in [6.07, 6.45) is 1.49. The molecule has 1 fully saturated rings. The molecule has 2 heterocycles. The van der Waals surface area contributed by atoms with E-state index in [1.165, 1.54) is 7.05 Å². The lowest BCUT2D eigenvalue weighted by Crippen LogP contribution is -2.48. The van der Waals surface area contributed by atoms with Crippen LogP contribution < -0.4 is 5.32 Å². The molecule has 2 rings (SSSR count). The first-order valence-electron chi connectivity index (χ1n) is 6.05. The molecule has 1 N–H and O–H groups in total. The van der Waals surface area contributed by atoms with Crippen LogP contribution in [0.2, 0.25) is 0 Å². The number of piperidine rings is 1. The number of aromatic nitrogens is 1. The van der Waals surface area contributed by atoms with Crippen LogP contribution in [0.15, 0.2) is 12.3 Å². The maximum Gasteiger partial charge on any atom is 0.289 e. The highest BCUT2D eigenvalue weighted by atomic mass is 16.6. The molecule has 0 aromatic carbocycles. The Bertz CT molecular complexity index is 666. The van der Waals surface area contributed by atoms with Gasteiger partial charge < -0.3 is 5.32 Å². The van der Waals surface area contributed by atoms with Crippen molar-refractivity contribution < 1.29 is 14.5 Å². The number of carbonyl (C=O) groups is 2. The molecule has 1 aliphatic rings. The SMILES string of the molecule is CN1C(=O)CCC(Nc2ncc([N+](=O)[O-])cc2C#N)C1=O. The third-order valence-electron chi connectivity index (χ3n) is 3.17. The van der Waals surface area contributed by atoms with Gasteiger partial charge in [0.05, 0.1) is 4.92 Å². The normalized spacial score (nSPS) is 18.3. The summed E-state index contributed by atoms with van der Waals surface area (Å²) in [5.41, 5.74) is -0.337. The lowest BCUT2D eigenvalue weighted by molar-refractivity contribution is -0.385. The molecule has 1 saturated heterocycles. The van der Waals surface area contributed by atoms with E-state index in [0.29, 0.717) is 0 Å². The van der Waals surface area contributed by atoms with E-state index >= 15 is 0 Å². The van der Waals surface area contributed by atoms with Gasteiger partial charge >= 0.3 is 0 Å². The van der Waals surface area contributed by atoms with Gasteiger partial charge in [0.1, 0.15) is 29.7 Å². The van der Waals surface area contributed by atoms with Crippen molar-refractivity contribution >= 4 is 23.3 Å². The second-order valence-corrected chi connectivity index (χ2v) is 4.49. The van der Waals surface area contributed by atoms with Gasteiger partial charge in [0.25, 0.3) is 11.6 Å². The van der Waals surface area contributed by atoms with Gasteiger partial charge in [-0.15, -0.1) is 0 Å². The van der Waals surface area contributed by atoms with Crippen LogP contribution in [0.4, 0.5) is 11.5 Å². The van der Waals surface area contributed by atoms with Crippen LogP contribution in [0, 0.1) is 21.4 Å². The maximum atomic E-state index is 11.9. The standard InChI is InChI=1S/C12H11N5O4/c1-16-10(18)3-2-9(12(16)19)15-11-7(5-13)4-8(6-14-11)17(20)21/h4,6,9H,2-3H2,1H3,(H,14,15). The van der Waals surface area contributed by atoms with Crippen LogP contribution in [0.25, 0.3) is 0 Å². The molecule has 1 atom stereocenters. The van der Waals surface area contributed by atoms with E-state index in [-0.39, 0.29) is 35.8 Å². The van der Waals surface area contributed by atoms with Crippen molar-refractivity contribution in [2.24, 2.45) is 0 Å². The van der Waals surface area contributed by atoms with E-state index in [0.717, 1.165) is 17.2 Å². The van der Waals surface area contributed by atoms with Gasteiger partial charge in [0.2, 0.25) is 5.91 Å². The van der Waals surface area contributed by atoms with E-state index in [2.05, 4.69) is 10.3 Å². The van der Waals surface area contributed by atoms with Gasteiger partial charge in [-0.3, -0.25) is 24.6 Å². The third-order valence-corrected chi connectivity index (χ3v) is 3.17. The number of hydrogen-bond acceptors (Lipinski definition) is 7. The van der Waals surface area contributed by atoms with Gasteiger partial charge in [0.15, 0.2) is 0 Å². The number of anilines is 1. The fourth-order valence-electron chi connectivity index (χ4n) is 1.97. The number of hydrogen-bond donors (Lipinski definition) is 1. The van der Waals surface area contributed by atoms with Gasteiger partial charge in [-0.05, 0) is 6.42 Å². The van der Waals surface area contributed by atoms with Crippen molar-refractivity contribution in [3.8, 4) is 6.07 Å². The summed E-state index contributed by atoms with van der Waals surface area (Å²) in [5.74, 6) is -0.602. The quantitative estimate of drug-likeness (QED) is 0.485. The lowest BCUT2D eigenvalue weighted by atomic mass is 10.0. The molecule has 0 bridgehead atoms. The number of nitriles is 1. The topological polar surface area (TPSA) is 129 Å². The molecular weight excluding hydrogens is 278 g/mol. The van der Waals surface area contributed by atoms with Crippen LogP contribution in [0.1, 0.15) is 18.4 Å². The average Bonchev–Trinajstić information content (AvgIpc) is 2.48. The Morgan fingerprint density at radius 3 is 2.90 bits per heavy atom. The minimum absolute atomic E-state index is 0.0310. The Kier molecular flexibility index (Phi) is 3.80. The monoisotopic (exact) mass is 289 g/mol. The molecule has 1 aliphatic heterocycles. The molecule has 1 unspecified atom stereocenters. The molecule has 2 amide bonds. The molecule has 0 aliphatic carbocycles.